The van der Waals surface area contributed by atoms with Crippen molar-refractivity contribution in [3.05, 3.63) is 47.2 Å². The number of carbonyl (C=O) groups excluding carboxylic acids is 1. The fourth-order valence-electron chi connectivity index (χ4n) is 3.20. The maximum Gasteiger partial charge on any atom is 0.311 e. The average molecular weight is 433 g/mol. The molecule has 1 saturated heterocycles. The summed E-state index contributed by atoms with van der Waals surface area (Å²) in [4.78, 5) is 15.4. The van der Waals surface area contributed by atoms with Crippen LogP contribution in [0.2, 0.25) is 0 Å². The van der Waals surface area contributed by atoms with Crippen molar-refractivity contribution in [1.82, 2.24) is 15.1 Å². The number of thiophene rings is 1. The maximum absolute atomic E-state index is 12.8. The van der Waals surface area contributed by atoms with E-state index in [4.69, 9.17) is 4.42 Å². The van der Waals surface area contributed by atoms with Gasteiger partial charge in [-0.3, -0.25) is 9.52 Å². The largest absolute Gasteiger partial charge is 0.411 e. The number of para-hydroxylation sites is 1. The van der Waals surface area contributed by atoms with Crippen LogP contribution in [0.25, 0.3) is 10.8 Å². The van der Waals surface area contributed by atoms with Crippen molar-refractivity contribution in [3.8, 4) is 10.8 Å². The van der Waals surface area contributed by atoms with Crippen LogP contribution in [0.1, 0.15) is 34.8 Å². The van der Waals surface area contributed by atoms with Crippen molar-refractivity contribution < 1.29 is 17.6 Å². The summed E-state index contributed by atoms with van der Waals surface area (Å²) in [5.41, 5.74) is 0.479. The van der Waals surface area contributed by atoms with E-state index in [-0.39, 0.29) is 22.6 Å². The fourth-order valence-corrected chi connectivity index (χ4v) is 5.77. The van der Waals surface area contributed by atoms with Crippen LogP contribution in [0.5, 0.6) is 0 Å². The number of hydrogen-bond donors (Lipinski definition) is 1. The van der Waals surface area contributed by atoms with Gasteiger partial charge in [-0.2, -0.15) is 0 Å². The van der Waals surface area contributed by atoms with Crippen molar-refractivity contribution >= 4 is 33.0 Å². The molecule has 1 aromatic carbocycles. The van der Waals surface area contributed by atoms with Crippen LogP contribution in [0.15, 0.2) is 45.7 Å². The molecule has 0 radical (unpaired) electrons. The smallest absolute Gasteiger partial charge is 0.311 e. The lowest BCUT2D eigenvalue weighted by molar-refractivity contribution is 0.0684. The Morgan fingerprint density at radius 2 is 1.86 bits per heavy atom. The number of piperidine rings is 1. The number of sulfonamides is 1. The first kappa shape index (κ1) is 19.6. The number of carbonyl (C=O) groups is 1. The zero-order chi connectivity index (χ0) is 20.4. The number of aryl methyl sites for hydroxylation is 1. The lowest BCUT2D eigenvalue weighted by atomic mass is 10.1. The number of benzene rings is 1. The number of anilines is 1. The summed E-state index contributed by atoms with van der Waals surface area (Å²) in [7, 11) is -3.76. The summed E-state index contributed by atoms with van der Waals surface area (Å²) in [6.07, 6.45) is 3.04. The fraction of sp³-hybridized carbons (Fsp3) is 0.316. The Morgan fingerprint density at radius 3 is 2.59 bits per heavy atom. The number of likely N-dealkylation sites (tertiary alicyclic amines) is 1. The Labute approximate surface area is 172 Å². The Bertz CT molecular complexity index is 1120. The molecule has 1 aliphatic heterocycles. The van der Waals surface area contributed by atoms with E-state index in [0.717, 1.165) is 19.3 Å². The van der Waals surface area contributed by atoms with Crippen LogP contribution in [0, 0.1) is 6.92 Å². The Balaban J connectivity index is 1.56. The molecule has 29 heavy (non-hydrogen) atoms. The maximum atomic E-state index is 12.8. The molecule has 1 aliphatic rings. The van der Waals surface area contributed by atoms with E-state index in [1.54, 1.807) is 36.1 Å². The quantitative estimate of drug-likeness (QED) is 0.661. The first-order valence-electron chi connectivity index (χ1n) is 9.25. The number of rotatable bonds is 5. The molecule has 0 atom stereocenters. The summed E-state index contributed by atoms with van der Waals surface area (Å²) < 4.78 is 33.6. The molecule has 3 aromatic rings. The van der Waals surface area contributed by atoms with Crippen LogP contribution in [0.4, 0.5) is 5.69 Å². The van der Waals surface area contributed by atoms with Gasteiger partial charge in [0.1, 0.15) is 4.90 Å². The third-order valence-electron chi connectivity index (χ3n) is 4.65. The van der Waals surface area contributed by atoms with E-state index >= 15 is 0 Å². The monoisotopic (exact) mass is 432 g/mol. The highest BCUT2D eigenvalue weighted by Crippen LogP contribution is 2.33. The number of aromatic nitrogens is 2. The molecular formula is C19H20N4O4S2. The third-order valence-corrected chi connectivity index (χ3v) is 7.32. The van der Waals surface area contributed by atoms with Crippen molar-refractivity contribution in [2.75, 3.05) is 17.8 Å². The Morgan fingerprint density at radius 1 is 1.14 bits per heavy atom. The van der Waals surface area contributed by atoms with Gasteiger partial charge < -0.3 is 9.32 Å². The van der Waals surface area contributed by atoms with E-state index in [2.05, 4.69) is 14.9 Å². The summed E-state index contributed by atoms with van der Waals surface area (Å²) in [6.45, 7) is 3.08. The standard InChI is InChI=1S/C19H20N4O4S2/c1-13-16(29(25,26)22-14-8-4-2-5-9-14)12-15(28-13)17-20-21-18(27-17)19(24)23-10-6-3-7-11-23/h2,4-5,8-9,12,22H,3,6-7,10-11H2,1H3. The molecule has 3 heterocycles. The molecule has 10 heteroatoms. The highest BCUT2D eigenvalue weighted by molar-refractivity contribution is 7.93. The molecule has 0 bridgehead atoms. The lowest BCUT2D eigenvalue weighted by Gasteiger charge is -2.24. The van der Waals surface area contributed by atoms with E-state index in [1.165, 1.54) is 17.4 Å². The van der Waals surface area contributed by atoms with Gasteiger partial charge in [-0.05, 0) is 44.4 Å². The number of nitrogens with zero attached hydrogens (tertiary/aromatic N) is 3. The first-order valence-corrected chi connectivity index (χ1v) is 11.6. The molecule has 1 N–H and O–H groups in total. The molecule has 152 valence electrons. The van der Waals surface area contributed by atoms with Crippen LogP contribution in [-0.4, -0.2) is 42.5 Å². The molecule has 1 amide bonds. The topological polar surface area (TPSA) is 105 Å². The van der Waals surface area contributed by atoms with Gasteiger partial charge in [0.15, 0.2) is 0 Å². The van der Waals surface area contributed by atoms with E-state index < -0.39 is 10.0 Å². The van der Waals surface area contributed by atoms with Gasteiger partial charge in [0.25, 0.3) is 15.9 Å². The van der Waals surface area contributed by atoms with Gasteiger partial charge >= 0.3 is 11.8 Å². The molecule has 0 saturated carbocycles. The zero-order valence-electron chi connectivity index (χ0n) is 15.8. The van der Waals surface area contributed by atoms with Gasteiger partial charge in [0.2, 0.25) is 0 Å². The van der Waals surface area contributed by atoms with Gasteiger partial charge in [-0.15, -0.1) is 21.5 Å². The molecule has 8 nitrogen and oxygen atoms in total. The summed E-state index contributed by atoms with van der Waals surface area (Å²) in [5, 5.41) is 7.82. The molecule has 0 spiro atoms. The number of amides is 1. The SMILES string of the molecule is Cc1sc(-c2nnc(C(=O)N3CCCCC3)o2)cc1S(=O)(=O)Nc1ccccc1. The summed E-state index contributed by atoms with van der Waals surface area (Å²) in [6, 6.07) is 10.2. The zero-order valence-corrected chi connectivity index (χ0v) is 17.4. The molecule has 0 unspecified atom stereocenters. The normalized spacial score (nSPS) is 14.7. The van der Waals surface area contributed by atoms with E-state index in [9.17, 15) is 13.2 Å². The molecule has 4 rings (SSSR count). The Kier molecular flexibility index (Phi) is 5.37. The summed E-state index contributed by atoms with van der Waals surface area (Å²) >= 11 is 1.23. The Hall–Kier alpha value is -2.72. The molecule has 2 aromatic heterocycles. The van der Waals surface area contributed by atoms with E-state index in [1.807, 2.05) is 6.07 Å². The second kappa shape index (κ2) is 7.96. The minimum absolute atomic E-state index is 0.0697. The van der Waals surface area contributed by atoms with Gasteiger partial charge in [0.05, 0.1) is 4.88 Å². The number of hydrogen-bond acceptors (Lipinski definition) is 7. The van der Waals surface area contributed by atoms with Crippen molar-refractivity contribution in [2.24, 2.45) is 0 Å². The minimum Gasteiger partial charge on any atom is -0.411 e. The molecule has 0 aliphatic carbocycles. The predicted octanol–water partition coefficient (Wildman–Crippen LogP) is 3.53. The summed E-state index contributed by atoms with van der Waals surface area (Å²) in [5.74, 6) is -0.213. The van der Waals surface area contributed by atoms with Crippen LogP contribution >= 0.6 is 11.3 Å². The van der Waals surface area contributed by atoms with Crippen molar-refractivity contribution in [2.45, 2.75) is 31.1 Å². The minimum atomic E-state index is -3.76. The van der Waals surface area contributed by atoms with Gasteiger partial charge in [-0.1, -0.05) is 18.2 Å². The highest BCUT2D eigenvalue weighted by atomic mass is 32.2. The van der Waals surface area contributed by atoms with Crippen LogP contribution < -0.4 is 4.72 Å². The second-order valence-corrected chi connectivity index (χ2v) is 9.67. The van der Waals surface area contributed by atoms with Gasteiger partial charge in [-0.25, -0.2) is 8.42 Å². The lowest BCUT2D eigenvalue weighted by Crippen LogP contribution is -2.35. The molecule has 1 fully saturated rings. The number of nitrogens with one attached hydrogen (secondary N) is 1. The predicted molar refractivity (Wildman–Crippen MR) is 109 cm³/mol. The van der Waals surface area contributed by atoms with Gasteiger partial charge in [0, 0.05) is 23.7 Å². The second-order valence-electron chi connectivity index (χ2n) is 6.77. The average Bonchev–Trinajstić information content (AvgIpc) is 3.36. The van der Waals surface area contributed by atoms with Crippen LogP contribution in [-0.2, 0) is 10.0 Å². The molecular weight excluding hydrogens is 412 g/mol. The van der Waals surface area contributed by atoms with Crippen molar-refractivity contribution in [1.29, 1.82) is 0 Å². The first-order chi connectivity index (χ1) is 13.9. The van der Waals surface area contributed by atoms with E-state index in [0.29, 0.717) is 28.5 Å². The third kappa shape index (κ3) is 4.18. The highest BCUT2D eigenvalue weighted by Gasteiger charge is 2.26. The van der Waals surface area contributed by atoms with Crippen molar-refractivity contribution in [3.63, 3.8) is 0 Å². The van der Waals surface area contributed by atoms with Crippen LogP contribution in [0.3, 0.4) is 0 Å².